The molecular formula is C31H33Cl3N4O3S. The van der Waals surface area contributed by atoms with Gasteiger partial charge in [-0.05, 0) is 91.5 Å². The number of aromatic nitrogens is 1. The van der Waals surface area contributed by atoms with Crippen LogP contribution in [0.15, 0.2) is 59.8 Å². The summed E-state index contributed by atoms with van der Waals surface area (Å²) >= 11 is 18.6. The first-order valence-corrected chi connectivity index (χ1v) is 16.9. The van der Waals surface area contributed by atoms with Crippen LogP contribution in [0.4, 0.5) is 5.69 Å². The molecule has 1 unspecified atom stereocenters. The third-order valence-corrected chi connectivity index (χ3v) is 12.4. The molecule has 3 aliphatic rings. The Morgan fingerprint density at radius 1 is 0.929 bits per heavy atom. The number of aryl methyl sites for hydroxylation is 1. The molecule has 0 N–H and O–H groups in total. The second-order valence-corrected chi connectivity index (χ2v) is 14.9. The molecule has 3 heterocycles. The number of piperidine rings is 2. The lowest BCUT2D eigenvalue weighted by Crippen LogP contribution is -2.48. The zero-order valence-electron chi connectivity index (χ0n) is 23.4. The summed E-state index contributed by atoms with van der Waals surface area (Å²) in [6.45, 7) is 3.51. The third-order valence-electron chi connectivity index (χ3n) is 9.44. The van der Waals surface area contributed by atoms with Crippen LogP contribution in [0.5, 0.6) is 0 Å². The van der Waals surface area contributed by atoms with E-state index in [1.54, 1.807) is 0 Å². The SMILES string of the molecule is CN(C1CCc2ccc(C(=O)N3CCC4(CC3)CCN(c3ccncc3)CC4)cc21)S(=O)(=O)c1c(Cl)cc(Cl)cc1Cl. The first kappa shape index (κ1) is 29.7. The maximum atomic E-state index is 13.7. The van der Waals surface area contributed by atoms with Crippen molar-refractivity contribution in [1.29, 1.82) is 0 Å². The molecule has 1 spiro atoms. The van der Waals surface area contributed by atoms with E-state index in [2.05, 4.69) is 22.0 Å². The Labute approximate surface area is 262 Å². The lowest BCUT2D eigenvalue weighted by molar-refractivity contribution is 0.0515. The molecule has 3 aromatic rings. The molecule has 2 saturated heterocycles. The maximum Gasteiger partial charge on any atom is 0.253 e. The summed E-state index contributed by atoms with van der Waals surface area (Å²) in [6.07, 6.45) is 9.26. The number of likely N-dealkylation sites (tertiary alicyclic amines) is 1. The number of fused-ring (bicyclic) bond motifs is 1. The fourth-order valence-corrected chi connectivity index (χ4v) is 9.69. The van der Waals surface area contributed by atoms with E-state index in [1.165, 1.54) is 29.2 Å². The van der Waals surface area contributed by atoms with Gasteiger partial charge in [0.15, 0.2) is 0 Å². The molecule has 7 nitrogen and oxygen atoms in total. The molecule has 1 atom stereocenters. The molecule has 0 saturated carbocycles. The molecular weight excluding hydrogens is 615 g/mol. The quantitative estimate of drug-likeness (QED) is 0.302. The van der Waals surface area contributed by atoms with Crippen LogP contribution in [0.25, 0.3) is 0 Å². The highest BCUT2D eigenvalue weighted by atomic mass is 35.5. The zero-order valence-corrected chi connectivity index (χ0v) is 26.5. The zero-order chi connectivity index (χ0) is 29.6. The number of hydrogen-bond donors (Lipinski definition) is 0. The van der Waals surface area contributed by atoms with Gasteiger partial charge in [0.05, 0.1) is 16.1 Å². The second kappa shape index (κ2) is 11.6. The lowest BCUT2D eigenvalue weighted by atomic mass is 9.71. The third kappa shape index (κ3) is 5.52. The molecule has 1 aliphatic carbocycles. The van der Waals surface area contributed by atoms with Crippen LogP contribution in [-0.4, -0.2) is 61.7 Å². The van der Waals surface area contributed by atoms with Gasteiger partial charge < -0.3 is 9.80 Å². The van der Waals surface area contributed by atoms with Gasteiger partial charge in [0.25, 0.3) is 5.91 Å². The summed E-state index contributed by atoms with van der Waals surface area (Å²) < 4.78 is 28.6. The number of rotatable bonds is 5. The number of anilines is 1. The van der Waals surface area contributed by atoms with Gasteiger partial charge in [-0.25, -0.2) is 8.42 Å². The molecule has 2 aromatic carbocycles. The van der Waals surface area contributed by atoms with Crippen LogP contribution >= 0.6 is 34.8 Å². The smallest absolute Gasteiger partial charge is 0.253 e. The summed E-state index contributed by atoms with van der Waals surface area (Å²) in [6, 6.07) is 12.2. The average Bonchev–Trinajstić information content (AvgIpc) is 3.40. The molecule has 1 amide bonds. The maximum absolute atomic E-state index is 13.7. The summed E-state index contributed by atoms with van der Waals surface area (Å²) in [7, 11) is -2.49. The topological polar surface area (TPSA) is 73.8 Å². The minimum absolute atomic E-state index is 0.00169. The Morgan fingerprint density at radius 2 is 1.55 bits per heavy atom. The summed E-state index contributed by atoms with van der Waals surface area (Å²) in [5.41, 5.74) is 4.00. The van der Waals surface area contributed by atoms with E-state index < -0.39 is 16.1 Å². The van der Waals surface area contributed by atoms with Crippen LogP contribution in [-0.2, 0) is 16.4 Å². The average molecular weight is 648 g/mol. The number of carbonyl (C=O) groups excluding carboxylic acids is 1. The van der Waals surface area contributed by atoms with E-state index in [1.807, 2.05) is 35.5 Å². The highest BCUT2D eigenvalue weighted by molar-refractivity contribution is 7.89. The molecule has 2 fully saturated rings. The normalized spacial score (nSPS) is 20.3. The van der Waals surface area contributed by atoms with Crippen LogP contribution in [0.2, 0.25) is 15.1 Å². The standard InChI is InChI=1S/C31H33Cl3N4O3S/c1-36(42(40,41)29-26(33)19-23(32)20-27(29)34)28-5-4-21-2-3-22(18-25(21)28)30(39)38-16-10-31(11-17-38)8-14-37(15-9-31)24-6-12-35-13-7-24/h2-3,6-7,12-13,18-20,28H,4-5,8-11,14-17H2,1H3. The highest BCUT2D eigenvalue weighted by Gasteiger charge is 2.40. The predicted molar refractivity (Wildman–Crippen MR) is 167 cm³/mol. The fourth-order valence-electron chi connectivity index (χ4n) is 6.84. The fraction of sp³-hybridized carbons (Fsp3) is 0.419. The molecule has 222 valence electrons. The van der Waals surface area contributed by atoms with Crippen molar-refractivity contribution < 1.29 is 13.2 Å². The Hall–Kier alpha value is -2.36. The number of amides is 1. The van der Waals surface area contributed by atoms with Crippen molar-refractivity contribution in [3.8, 4) is 0 Å². The number of sulfonamides is 1. The number of hydrogen-bond acceptors (Lipinski definition) is 5. The van der Waals surface area contributed by atoms with Gasteiger partial charge >= 0.3 is 0 Å². The molecule has 6 rings (SSSR count). The Morgan fingerprint density at radius 3 is 2.19 bits per heavy atom. The van der Waals surface area contributed by atoms with E-state index in [0.29, 0.717) is 12.0 Å². The summed E-state index contributed by atoms with van der Waals surface area (Å²) in [4.78, 5) is 22.0. The van der Waals surface area contributed by atoms with Crippen LogP contribution in [0.3, 0.4) is 0 Å². The Balaban J connectivity index is 1.14. The second-order valence-electron chi connectivity index (χ2n) is 11.7. The van der Waals surface area contributed by atoms with E-state index in [0.717, 1.165) is 69.4 Å². The first-order chi connectivity index (χ1) is 20.1. The van der Waals surface area contributed by atoms with Gasteiger partial charge in [0.2, 0.25) is 10.0 Å². The monoisotopic (exact) mass is 646 g/mol. The molecule has 11 heteroatoms. The van der Waals surface area contributed by atoms with Gasteiger partial charge in [-0.2, -0.15) is 4.31 Å². The van der Waals surface area contributed by atoms with Crippen molar-refractivity contribution in [3.05, 3.63) is 86.6 Å². The van der Waals surface area contributed by atoms with E-state index in [4.69, 9.17) is 34.8 Å². The van der Waals surface area contributed by atoms with Gasteiger partial charge in [-0.1, -0.05) is 40.9 Å². The number of carbonyl (C=O) groups is 1. The Kier molecular flexibility index (Phi) is 8.22. The van der Waals surface area contributed by atoms with Gasteiger partial charge in [-0.3, -0.25) is 9.78 Å². The van der Waals surface area contributed by atoms with Crippen molar-refractivity contribution in [2.75, 3.05) is 38.1 Å². The van der Waals surface area contributed by atoms with Crippen molar-refractivity contribution in [3.63, 3.8) is 0 Å². The van der Waals surface area contributed by atoms with Gasteiger partial charge in [0.1, 0.15) is 4.90 Å². The van der Waals surface area contributed by atoms with Crippen molar-refractivity contribution in [2.24, 2.45) is 5.41 Å². The van der Waals surface area contributed by atoms with E-state index in [9.17, 15) is 13.2 Å². The van der Waals surface area contributed by atoms with E-state index in [-0.39, 0.29) is 31.3 Å². The first-order valence-electron chi connectivity index (χ1n) is 14.3. The van der Waals surface area contributed by atoms with Crippen molar-refractivity contribution >= 4 is 56.4 Å². The number of benzene rings is 2. The lowest BCUT2D eigenvalue weighted by Gasteiger charge is -2.47. The van der Waals surface area contributed by atoms with Crippen molar-refractivity contribution in [1.82, 2.24) is 14.2 Å². The molecule has 1 aromatic heterocycles. The minimum atomic E-state index is -4.03. The molecule has 2 aliphatic heterocycles. The van der Waals surface area contributed by atoms with Crippen molar-refractivity contribution in [2.45, 2.75) is 49.5 Å². The van der Waals surface area contributed by atoms with Crippen LogP contribution in [0.1, 0.15) is 59.6 Å². The summed E-state index contributed by atoms with van der Waals surface area (Å²) in [5.74, 6) is 0.00169. The van der Waals surface area contributed by atoms with Gasteiger partial charge in [-0.15, -0.1) is 0 Å². The van der Waals surface area contributed by atoms with Crippen LogP contribution < -0.4 is 4.90 Å². The minimum Gasteiger partial charge on any atom is -0.371 e. The van der Waals surface area contributed by atoms with Crippen LogP contribution in [0, 0.1) is 5.41 Å². The molecule has 42 heavy (non-hydrogen) atoms. The van der Waals surface area contributed by atoms with Gasteiger partial charge in [0, 0.05) is 61.9 Å². The Bertz CT molecular complexity index is 1580. The number of nitrogens with zero attached hydrogens (tertiary/aromatic N) is 4. The molecule has 0 radical (unpaired) electrons. The largest absolute Gasteiger partial charge is 0.371 e. The van der Waals surface area contributed by atoms with E-state index >= 15 is 0 Å². The summed E-state index contributed by atoms with van der Waals surface area (Å²) in [5, 5.41) is 0.222. The number of halogens is 3. The highest BCUT2D eigenvalue weighted by Crippen LogP contribution is 2.44. The molecule has 0 bridgehead atoms. The predicted octanol–water partition coefficient (Wildman–Crippen LogP) is 6.87. The number of pyridine rings is 1.